The molecule has 1 aromatic carbocycles. The van der Waals surface area contributed by atoms with E-state index in [1.54, 1.807) is 0 Å². The first kappa shape index (κ1) is 12.5. The van der Waals surface area contributed by atoms with E-state index < -0.39 is 0 Å². The fourth-order valence-corrected chi connectivity index (χ4v) is 2.61. The summed E-state index contributed by atoms with van der Waals surface area (Å²) in [5, 5.41) is 3.16. The lowest BCUT2D eigenvalue weighted by molar-refractivity contribution is -0.122. The smallest absolute Gasteiger partial charge is 0.224 e. The summed E-state index contributed by atoms with van der Waals surface area (Å²) in [6.07, 6.45) is 5.13. The molecule has 0 heterocycles. The van der Waals surface area contributed by atoms with Crippen molar-refractivity contribution in [2.24, 2.45) is 0 Å². The Hall–Kier alpha value is -0.960. The summed E-state index contributed by atoms with van der Waals surface area (Å²) < 4.78 is 0. The van der Waals surface area contributed by atoms with Crippen LogP contribution in [0.5, 0.6) is 0 Å². The summed E-state index contributed by atoms with van der Waals surface area (Å²) in [6, 6.07) is 7.75. The zero-order valence-electron chi connectivity index (χ0n) is 10.2. The van der Waals surface area contributed by atoms with Crippen LogP contribution in [0.1, 0.15) is 38.2 Å². The average molecular weight is 249 g/mol. The molecule has 0 radical (unpaired) electrons. The van der Waals surface area contributed by atoms with E-state index in [4.69, 9.17) is 0 Å². The van der Waals surface area contributed by atoms with Gasteiger partial charge in [0.1, 0.15) is 0 Å². The Morgan fingerprint density at radius 1 is 1.29 bits per heavy atom. The van der Waals surface area contributed by atoms with E-state index in [1.165, 1.54) is 12.8 Å². The van der Waals surface area contributed by atoms with Crippen molar-refractivity contribution < 1.29 is 4.79 Å². The monoisotopic (exact) mass is 249 g/mol. The van der Waals surface area contributed by atoms with Gasteiger partial charge in [0, 0.05) is 10.4 Å². The van der Waals surface area contributed by atoms with Crippen molar-refractivity contribution in [2.45, 2.75) is 49.5 Å². The number of hydrogen-bond acceptors (Lipinski definition) is 2. The van der Waals surface area contributed by atoms with Crippen molar-refractivity contribution >= 4 is 18.5 Å². The molecule has 92 valence electrons. The molecule has 0 spiro atoms. The van der Waals surface area contributed by atoms with Crippen LogP contribution in [-0.2, 0) is 11.2 Å². The highest BCUT2D eigenvalue weighted by Crippen LogP contribution is 2.28. The van der Waals surface area contributed by atoms with Crippen LogP contribution < -0.4 is 5.32 Å². The summed E-state index contributed by atoms with van der Waals surface area (Å²) in [4.78, 5) is 12.9. The van der Waals surface area contributed by atoms with E-state index in [0.717, 1.165) is 23.3 Å². The highest BCUT2D eigenvalue weighted by Gasteiger charge is 2.29. The van der Waals surface area contributed by atoms with Gasteiger partial charge in [-0.05, 0) is 37.5 Å². The van der Waals surface area contributed by atoms with Gasteiger partial charge in [0.2, 0.25) is 5.91 Å². The summed E-state index contributed by atoms with van der Waals surface area (Å²) in [7, 11) is 0. The third-order valence-electron chi connectivity index (χ3n) is 3.45. The van der Waals surface area contributed by atoms with Crippen LogP contribution in [0.3, 0.4) is 0 Å². The first-order valence-corrected chi connectivity index (χ1v) is 6.61. The lowest BCUT2D eigenvalue weighted by Gasteiger charge is -2.25. The zero-order chi connectivity index (χ0) is 12.3. The zero-order valence-corrected chi connectivity index (χ0v) is 11.1. The topological polar surface area (TPSA) is 29.1 Å². The Morgan fingerprint density at radius 2 is 1.88 bits per heavy atom. The molecule has 1 saturated carbocycles. The molecule has 3 heteroatoms. The number of hydrogen-bond donors (Lipinski definition) is 2. The lowest BCUT2D eigenvalue weighted by atomic mass is 10.00. The molecule has 2 nitrogen and oxygen atoms in total. The molecule has 0 unspecified atom stereocenters. The van der Waals surface area contributed by atoms with E-state index >= 15 is 0 Å². The van der Waals surface area contributed by atoms with E-state index in [-0.39, 0.29) is 11.4 Å². The fourth-order valence-electron chi connectivity index (χ4n) is 2.46. The van der Waals surface area contributed by atoms with Gasteiger partial charge in [0.25, 0.3) is 0 Å². The standard InChI is InChI=1S/C14H19NOS/c1-14(8-2-3-9-14)15-13(16)10-11-4-6-12(17)7-5-11/h4-7,17H,2-3,8-10H2,1H3,(H,15,16). The van der Waals surface area contributed by atoms with Gasteiger partial charge in [-0.15, -0.1) is 12.6 Å². The van der Waals surface area contributed by atoms with Crippen LogP contribution in [0.4, 0.5) is 0 Å². The second-order valence-electron chi connectivity index (χ2n) is 5.16. The van der Waals surface area contributed by atoms with E-state index in [1.807, 2.05) is 24.3 Å². The third kappa shape index (κ3) is 3.50. The molecule has 2 rings (SSSR count). The quantitative estimate of drug-likeness (QED) is 0.792. The number of carbonyl (C=O) groups excluding carboxylic acids is 1. The number of amides is 1. The van der Waals surface area contributed by atoms with Crippen molar-refractivity contribution in [3.05, 3.63) is 29.8 Å². The normalized spacial score (nSPS) is 18.0. The Balaban J connectivity index is 1.91. The van der Waals surface area contributed by atoms with Crippen molar-refractivity contribution in [2.75, 3.05) is 0 Å². The Labute approximate surface area is 108 Å². The van der Waals surface area contributed by atoms with E-state index in [9.17, 15) is 4.79 Å². The van der Waals surface area contributed by atoms with Gasteiger partial charge in [-0.3, -0.25) is 4.79 Å². The van der Waals surface area contributed by atoms with Gasteiger partial charge in [-0.25, -0.2) is 0 Å². The predicted octanol–water partition coefficient (Wildman–Crippen LogP) is 2.97. The number of nitrogens with one attached hydrogen (secondary N) is 1. The number of rotatable bonds is 3. The minimum absolute atomic E-state index is 0.0283. The molecule has 1 N–H and O–H groups in total. The molecule has 1 aromatic rings. The first-order valence-electron chi connectivity index (χ1n) is 6.16. The minimum Gasteiger partial charge on any atom is -0.351 e. The lowest BCUT2D eigenvalue weighted by Crippen LogP contribution is -2.44. The molecule has 1 aliphatic carbocycles. The van der Waals surface area contributed by atoms with E-state index in [0.29, 0.717) is 6.42 Å². The molecule has 1 fully saturated rings. The molecule has 1 amide bonds. The number of carbonyl (C=O) groups is 1. The largest absolute Gasteiger partial charge is 0.351 e. The summed E-state index contributed by atoms with van der Waals surface area (Å²) in [5.41, 5.74) is 1.07. The van der Waals surface area contributed by atoms with Gasteiger partial charge in [0.05, 0.1) is 6.42 Å². The maximum absolute atomic E-state index is 11.9. The first-order chi connectivity index (χ1) is 8.07. The van der Waals surface area contributed by atoms with Gasteiger partial charge in [-0.2, -0.15) is 0 Å². The van der Waals surface area contributed by atoms with Gasteiger partial charge < -0.3 is 5.32 Å². The van der Waals surface area contributed by atoms with Crippen LogP contribution in [-0.4, -0.2) is 11.4 Å². The highest BCUT2D eigenvalue weighted by atomic mass is 32.1. The van der Waals surface area contributed by atoms with E-state index in [2.05, 4.69) is 24.9 Å². The molecule has 17 heavy (non-hydrogen) atoms. The van der Waals surface area contributed by atoms with Gasteiger partial charge in [-0.1, -0.05) is 25.0 Å². The molecular formula is C14H19NOS. The predicted molar refractivity (Wildman–Crippen MR) is 72.4 cm³/mol. The van der Waals surface area contributed by atoms with Crippen molar-refractivity contribution in [1.29, 1.82) is 0 Å². The highest BCUT2D eigenvalue weighted by molar-refractivity contribution is 7.80. The summed E-state index contributed by atoms with van der Waals surface area (Å²) in [5.74, 6) is 0.126. The molecule has 0 aromatic heterocycles. The number of benzene rings is 1. The third-order valence-corrected chi connectivity index (χ3v) is 3.75. The Bertz CT molecular complexity index is 393. The molecule has 0 atom stereocenters. The molecule has 0 bridgehead atoms. The summed E-state index contributed by atoms with van der Waals surface area (Å²) in [6.45, 7) is 2.15. The van der Waals surface area contributed by atoms with Crippen LogP contribution in [0.15, 0.2) is 29.2 Å². The number of thiol groups is 1. The second-order valence-corrected chi connectivity index (χ2v) is 5.68. The van der Waals surface area contributed by atoms with Gasteiger partial charge >= 0.3 is 0 Å². The van der Waals surface area contributed by atoms with Crippen LogP contribution in [0.2, 0.25) is 0 Å². The maximum Gasteiger partial charge on any atom is 0.224 e. The molecule has 0 aliphatic heterocycles. The SMILES string of the molecule is CC1(NC(=O)Cc2ccc(S)cc2)CCCC1. The Morgan fingerprint density at radius 3 is 2.47 bits per heavy atom. The second kappa shape index (κ2) is 5.13. The minimum atomic E-state index is 0.0283. The van der Waals surface area contributed by atoms with Crippen LogP contribution >= 0.6 is 12.6 Å². The van der Waals surface area contributed by atoms with Crippen LogP contribution in [0, 0.1) is 0 Å². The maximum atomic E-state index is 11.9. The van der Waals surface area contributed by atoms with Gasteiger partial charge in [0.15, 0.2) is 0 Å². The molecular weight excluding hydrogens is 230 g/mol. The van der Waals surface area contributed by atoms with Crippen molar-refractivity contribution in [1.82, 2.24) is 5.32 Å². The Kier molecular flexibility index (Phi) is 3.77. The van der Waals surface area contributed by atoms with Crippen molar-refractivity contribution in [3.8, 4) is 0 Å². The fraction of sp³-hybridized carbons (Fsp3) is 0.500. The summed E-state index contributed by atoms with van der Waals surface area (Å²) >= 11 is 4.23. The van der Waals surface area contributed by atoms with Crippen molar-refractivity contribution in [3.63, 3.8) is 0 Å². The van der Waals surface area contributed by atoms with Crippen LogP contribution in [0.25, 0.3) is 0 Å². The molecule has 1 aliphatic rings. The molecule has 0 saturated heterocycles. The average Bonchev–Trinajstić information content (AvgIpc) is 2.68.